The van der Waals surface area contributed by atoms with Gasteiger partial charge in [0.05, 0.1) is 10.5 Å². The Morgan fingerprint density at radius 3 is 2.52 bits per heavy atom. The Morgan fingerprint density at radius 2 is 1.85 bits per heavy atom. The summed E-state index contributed by atoms with van der Waals surface area (Å²) in [6.45, 7) is 1.02. The first-order valence-electron chi connectivity index (χ1n) is 8.59. The topological polar surface area (TPSA) is 55.8 Å². The highest BCUT2D eigenvalue weighted by atomic mass is 32.2. The quantitative estimate of drug-likeness (QED) is 0.560. The standard InChI is InChI=1S/C21H21NO4S/c1-22(2)12-13-25-19(23)16-8-10-17(11-9-16)21-26-20(24)18(27-21)14-15-6-4-3-5-7-15/h3-11,14,21H,12-13H2,1-2H3/b18-14-. The normalized spacial score (nSPS) is 18.0. The van der Waals surface area contributed by atoms with Crippen molar-refractivity contribution < 1.29 is 19.1 Å². The molecule has 0 radical (unpaired) electrons. The molecule has 3 rings (SSSR count). The van der Waals surface area contributed by atoms with Crippen LogP contribution in [0.4, 0.5) is 0 Å². The van der Waals surface area contributed by atoms with E-state index in [1.165, 1.54) is 11.8 Å². The summed E-state index contributed by atoms with van der Waals surface area (Å²) in [6, 6.07) is 16.6. The molecular weight excluding hydrogens is 362 g/mol. The molecule has 2 aromatic rings. The number of cyclic esters (lactones) is 1. The van der Waals surface area contributed by atoms with Crippen LogP contribution >= 0.6 is 11.8 Å². The first-order valence-corrected chi connectivity index (χ1v) is 9.47. The Kier molecular flexibility index (Phi) is 6.32. The average molecular weight is 383 g/mol. The van der Waals surface area contributed by atoms with E-state index in [-0.39, 0.29) is 11.9 Å². The number of carbonyl (C=O) groups excluding carboxylic acids is 2. The van der Waals surface area contributed by atoms with Gasteiger partial charge in [-0.25, -0.2) is 9.59 Å². The van der Waals surface area contributed by atoms with Gasteiger partial charge in [-0.2, -0.15) is 0 Å². The van der Waals surface area contributed by atoms with Crippen molar-refractivity contribution in [2.75, 3.05) is 27.2 Å². The van der Waals surface area contributed by atoms with E-state index in [0.29, 0.717) is 23.6 Å². The van der Waals surface area contributed by atoms with Gasteiger partial charge < -0.3 is 14.4 Å². The highest BCUT2D eigenvalue weighted by molar-refractivity contribution is 8.04. The number of esters is 2. The molecule has 1 aliphatic rings. The van der Waals surface area contributed by atoms with Gasteiger partial charge in [-0.1, -0.05) is 54.2 Å². The zero-order valence-electron chi connectivity index (χ0n) is 15.3. The fraction of sp³-hybridized carbons (Fsp3) is 0.238. The van der Waals surface area contributed by atoms with Gasteiger partial charge in [0, 0.05) is 12.1 Å². The first-order chi connectivity index (χ1) is 13.0. The summed E-state index contributed by atoms with van der Waals surface area (Å²) in [7, 11) is 3.84. The van der Waals surface area contributed by atoms with Gasteiger partial charge in [-0.15, -0.1) is 0 Å². The summed E-state index contributed by atoms with van der Waals surface area (Å²) in [6.07, 6.45) is 1.82. The van der Waals surface area contributed by atoms with Crippen LogP contribution in [0.1, 0.15) is 26.9 Å². The van der Waals surface area contributed by atoms with Crippen molar-refractivity contribution in [3.05, 3.63) is 76.2 Å². The van der Waals surface area contributed by atoms with E-state index in [0.717, 1.165) is 11.1 Å². The summed E-state index contributed by atoms with van der Waals surface area (Å²) < 4.78 is 10.7. The highest BCUT2D eigenvalue weighted by Crippen LogP contribution is 2.43. The maximum absolute atomic E-state index is 12.1. The summed E-state index contributed by atoms with van der Waals surface area (Å²) in [4.78, 5) is 26.7. The van der Waals surface area contributed by atoms with E-state index in [2.05, 4.69) is 0 Å². The van der Waals surface area contributed by atoms with E-state index in [4.69, 9.17) is 9.47 Å². The zero-order chi connectivity index (χ0) is 19.2. The predicted molar refractivity (Wildman–Crippen MR) is 106 cm³/mol. The smallest absolute Gasteiger partial charge is 0.346 e. The van der Waals surface area contributed by atoms with Crippen LogP contribution in [0.2, 0.25) is 0 Å². The number of ether oxygens (including phenoxy) is 2. The van der Waals surface area contributed by atoms with Gasteiger partial charge in [0.1, 0.15) is 6.61 Å². The highest BCUT2D eigenvalue weighted by Gasteiger charge is 2.31. The molecule has 1 heterocycles. The van der Waals surface area contributed by atoms with Crippen LogP contribution < -0.4 is 0 Å². The van der Waals surface area contributed by atoms with Crippen LogP contribution in [0.5, 0.6) is 0 Å². The summed E-state index contributed by atoms with van der Waals surface area (Å²) in [5.41, 5.74) is 1.85. The summed E-state index contributed by atoms with van der Waals surface area (Å²) in [5, 5.41) is 0. The van der Waals surface area contributed by atoms with Crippen molar-refractivity contribution >= 4 is 29.8 Å². The van der Waals surface area contributed by atoms with Crippen LogP contribution in [-0.4, -0.2) is 44.1 Å². The number of rotatable bonds is 6. The molecule has 1 atom stereocenters. The fourth-order valence-corrected chi connectivity index (χ4v) is 3.46. The van der Waals surface area contributed by atoms with E-state index < -0.39 is 5.44 Å². The van der Waals surface area contributed by atoms with Crippen LogP contribution in [0.3, 0.4) is 0 Å². The lowest BCUT2D eigenvalue weighted by Gasteiger charge is -2.11. The van der Waals surface area contributed by atoms with Gasteiger partial charge in [0.2, 0.25) is 0 Å². The molecule has 1 saturated heterocycles. The molecule has 27 heavy (non-hydrogen) atoms. The molecule has 5 nitrogen and oxygen atoms in total. The van der Waals surface area contributed by atoms with E-state index in [1.807, 2.05) is 55.4 Å². The van der Waals surface area contributed by atoms with Crippen molar-refractivity contribution in [2.24, 2.45) is 0 Å². The molecule has 0 aliphatic carbocycles. The van der Waals surface area contributed by atoms with Crippen LogP contribution in [0.15, 0.2) is 59.5 Å². The minimum Gasteiger partial charge on any atom is -0.461 e. The molecule has 1 unspecified atom stereocenters. The van der Waals surface area contributed by atoms with Crippen molar-refractivity contribution in [3.8, 4) is 0 Å². The van der Waals surface area contributed by atoms with E-state index >= 15 is 0 Å². The van der Waals surface area contributed by atoms with E-state index in [9.17, 15) is 9.59 Å². The maximum atomic E-state index is 12.1. The Labute approximate surface area is 163 Å². The van der Waals surface area contributed by atoms with Crippen LogP contribution in [0.25, 0.3) is 6.08 Å². The second-order valence-electron chi connectivity index (χ2n) is 6.34. The molecule has 0 N–H and O–H groups in total. The molecule has 0 spiro atoms. The Bertz CT molecular complexity index is 831. The third-order valence-corrected chi connectivity index (χ3v) is 5.06. The number of likely N-dealkylation sites (N-methyl/N-ethyl adjacent to an activating group) is 1. The Morgan fingerprint density at radius 1 is 1.15 bits per heavy atom. The van der Waals surface area contributed by atoms with Gasteiger partial charge in [-0.3, -0.25) is 0 Å². The molecule has 2 aromatic carbocycles. The second-order valence-corrected chi connectivity index (χ2v) is 7.44. The molecule has 140 valence electrons. The lowest BCUT2D eigenvalue weighted by molar-refractivity contribution is -0.138. The van der Waals surface area contributed by atoms with Crippen molar-refractivity contribution in [3.63, 3.8) is 0 Å². The third kappa shape index (κ3) is 5.21. The number of benzene rings is 2. The van der Waals surface area contributed by atoms with Gasteiger partial charge >= 0.3 is 11.9 Å². The zero-order valence-corrected chi connectivity index (χ0v) is 16.1. The molecule has 1 fully saturated rings. The van der Waals surface area contributed by atoms with Crippen molar-refractivity contribution in [1.82, 2.24) is 4.90 Å². The molecule has 0 bridgehead atoms. The minimum absolute atomic E-state index is 0.332. The minimum atomic E-state index is -0.411. The Hall–Kier alpha value is -2.57. The lowest BCUT2D eigenvalue weighted by Crippen LogP contribution is -2.20. The molecule has 1 aliphatic heterocycles. The monoisotopic (exact) mass is 383 g/mol. The Balaban J connectivity index is 1.63. The number of hydrogen-bond donors (Lipinski definition) is 0. The number of nitrogens with zero attached hydrogens (tertiary/aromatic N) is 1. The fourth-order valence-electron chi connectivity index (χ4n) is 2.45. The van der Waals surface area contributed by atoms with Gasteiger partial charge in [0.25, 0.3) is 0 Å². The maximum Gasteiger partial charge on any atom is 0.346 e. The summed E-state index contributed by atoms with van der Waals surface area (Å²) in [5.74, 6) is -0.690. The second kappa shape index (κ2) is 8.88. The van der Waals surface area contributed by atoms with Gasteiger partial charge in [-0.05, 0) is 37.9 Å². The molecule has 0 aromatic heterocycles. The van der Waals surface area contributed by atoms with Gasteiger partial charge in [0.15, 0.2) is 5.44 Å². The summed E-state index contributed by atoms with van der Waals surface area (Å²) >= 11 is 1.37. The number of carbonyl (C=O) groups is 2. The van der Waals surface area contributed by atoms with E-state index in [1.54, 1.807) is 24.3 Å². The van der Waals surface area contributed by atoms with Crippen molar-refractivity contribution in [2.45, 2.75) is 5.44 Å². The largest absolute Gasteiger partial charge is 0.461 e. The van der Waals surface area contributed by atoms with Crippen molar-refractivity contribution in [1.29, 1.82) is 0 Å². The first kappa shape index (κ1) is 19.2. The average Bonchev–Trinajstić information content (AvgIpc) is 3.03. The number of hydrogen-bond acceptors (Lipinski definition) is 6. The third-order valence-electron chi connectivity index (χ3n) is 3.94. The number of thioether (sulfide) groups is 1. The molecule has 0 saturated carbocycles. The van der Waals surface area contributed by atoms with Crippen LogP contribution in [-0.2, 0) is 14.3 Å². The molecule has 0 amide bonds. The predicted octanol–water partition coefficient (Wildman–Crippen LogP) is 3.73. The van der Waals surface area contributed by atoms with Crippen LogP contribution in [0, 0.1) is 0 Å². The molecule has 6 heteroatoms. The lowest BCUT2D eigenvalue weighted by atomic mass is 10.1. The molecular formula is C21H21NO4S. The SMILES string of the molecule is CN(C)CCOC(=O)c1ccc(C2OC(=O)/C(=C/c3ccccc3)S2)cc1.